The zero-order valence-corrected chi connectivity index (χ0v) is 15.8. The molecule has 0 fully saturated rings. The molecular weight excluding hydrogens is 368 g/mol. The molecule has 0 amide bonds. The molecule has 5 rings (SSSR count). The SMILES string of the molecule is O=C1c2cccc(Cl)c2NC1(Cc1ccc2ccccc2n1)c1ccccc1. The van der Waals surface area contributed by atoms with Crippen molar-refractivity contribution in [2.24, 2.45) is 0 Å². The molecule has 2 heterocycles. The lowest BCUT2D eigenvalue weighted by Crippen LogP contribution is -2.41. The van der Waals surface area contributed by atoms with Crippen LogP contribution in [0.15, 0.2) is 84.9 Å². The molecule has 0 aliphatic carbocycles. The molecule has 0 saturated heterocycles. The summed E-state index contributed by atoms with van der Waals surface area (Å²) in [6.07, 6.45) is 0.436. The summed E-state index contributed by atoms with van der Waals surface area (Å²) < 4.78 is 0. The number of anilines is 1. The zero-order chi connectivity index (χ0) is 19.1. The number of ketones is 1. The third-order valence-electron chi connectivity index (χ3n) is 5.35. The van der Waals surface area contributed by atoms with Crippen molar-refractivity contribution >= 4 is 34.0 Å². The van der Waals surface area contributed by atoms with Gasteiger partial charge in [0.05, 0.1) is 16.2 Å². The van der Waals surface area contributed by atoms with Gasteiger partial charge in [-0.05, 0) is 29.8 Å². The first-order valence-electron chi connectivity index (χ1n) is 9.19. The molecule has 1 unspecified atom stereocenters. The van der Waals surface area contributed by atoms with E-state index in [1.165, 1.54) is 0 Å². The number of Topliss-reactive ketones (excluding diaryl/α,β-unsaturated/α-hetero) is 1. The van der Waals surface area contributed by atoms with E-state index in [9.17, 15) is 4.79 Å². The van der Waals surface area contributed by atoms with Crippen LogP contribution in [0, 0.1) is 0 Å². The van der Waals surface area contributed by atoms with Crippen LogP contribution in [0.1, 0.15) is 21.6 Å². The van der Waals surface area contributed by atoms with Gasteiger partial charge in [0.15, 0.2) is 5.78 Å². The van der Waals surface area contributed by atoms with Crippen molar-refractivity contribution in [2.45, 2.75) is 12.0 Å². The lowest BCUT2D eigenvalue weighted by Gasteiger charge is -2.29. The maximum absolute atomic E-state index is 13.6. The smallest absolute Gasteiger partial charge is 0.195 e. The Morgan fingerprint density at radius 1 is 0.857 bits per heavy atom. The molecule has 1 aromatic heterocycles. The summed E-state index contributed by atoms with van der Waals surface area (Å²) in [7, 11) is 0. The minimum absolute atomic E-state index is 0.0196. The molecule has 4 heteroatoms. The zero-order valence-electron chi connectivity index (χ0n) is 15.0. The highest BCUT2D eigenvalue weighted by Crippen LogP contribution is 2.44. The first-order valence-corrected chi connectivity index (χ1v) is 9.57. The first-order chi connectivity index (χ1) is 13.7. The summed E-state index contributed by atoms with van der Waals surface area (Å²) in [5.41, 5.74) is 3.07. The minimum atomic E-state index is -0.927. The summed E-state index contributed by atoms with van der Waals surface area (Å²) in [5.74, 6) is 0.0196. The third kappa shape index (κ3) is 2.59. The number of aromatic nitrogens is 1. The number of rotatable bonds is 3. The second-order valence-electron chi connectivity index (χ2n) is 7.06. The van der Waals surface area contributed by atoms with Crippen molar-refractivity contribution in [1.82, 2.24) is 4.98 Å². The number of fused-ring (bicyclic) bond motifs is 2. The number of pyridine rings is 1. The van der Waals surface area contributed by atoms with Crippen molar-refractivity contribution in [2.75, 3.05) is 5.32 Å². The van der Waals surface area contributed by atoms with Gasteiger partial charge in [-0.3, -0.25) is 9.78 Å². The molecule has 1 aliphatic rings. The van der Waals surface area contributed by atoms with Crippen LogP contribution in [0.5, 0.6) is 0 Å². The van der Waals surface area contributed by atoms with Gasteiger partial charge in [0, 0.05) is 23.1 Å². The number of halogens is 1. The Balaban J connectivity index is 1.66. The number of para-hydroxylation sites is 2. The van der Waals surface area contributed by atoms with E-state index in [2.05, 4.69) is 11.4 Å². The molecule has 1 aliphatic heterocycles. The fourth-order valence-electron chi connectivity index (χ4n) is 3.97. The Morgan fingerprint density at radius 2 is 1.64 bits per heavy atom. The van der Waals surface area contributed by atoms with Crippen LogP contribution >= 0.6 is 11.6 Å². The van der Waals surface area contributed by atoms with Gasteiger partial charge in [0.1, 0.15) is 5.54 Å². The molecule has 3 aromatic carbocycles. The maximum Gasteiger partial charge on any atom is 0.195 e. The second-order valence-corrected chi connectivity index (χ2v) is 7.47. The lowest BCUT2D eigenvalue weighted by molar-refractivity contribution is 0.0916. The fraction of sp³-hybridized carbons (Fsp3) is 0.0833. The van der Waals surface area contributed by atoms with Gasteiger partial charge in [-0.2, -0.15) is 0 Å². The number of nitrogens with zero attached hydrogens (tertiary/aromatic N) is 1. The van der Waals surface area contributed by atoms with Crippen LogP contribution in [-0.4, -0.2) is 10.8 Å². The highest BCUT2D eigenvalue weighted by Gasteiger charge is 2.47. The summed E-state index contributed by atoms with van der Waals surface area (Å²) in [5, 5.41) is 5.09. The summed E-state index contributed by atoms with van der Waals surface area (Å²) in [6.45, 7) is 0. The van der Waals surface area contributed by atoms with Gasteiger partial charge in [-0.25, -0.2) is 0 Å². The second kappa shape index (κ2) is 6.47. The number of benzene rings is 3. The van der Waals surface area contributed by atoms with Gasteiger partial charge in [0.25, 0.3) is 0 Å². The number of carbonyl (C=O) groups is 1. The van der Waals surface area contributed by atoms with Gasteiger partial charge in [-0.1, -0.05) is 72.3 Å². The monoisotopic (exact) mass is 384 g/mol. The first kappa shape index (κ1) is 17.0. The largest absolute Gasteiger partial charge is 0.367 e. The normalized spacial score (nSPS) is 18.1. The summed E-state index contributed by atoms with van der Waals surface area (Å²) >= 11 is 6.40. The Kier molecular flexibility index (Phi) is 3.92. The Hall–Kier alpha value is -3.17. The van der Waals surface area contributed by atoms with E-state index >= 15 is 0 Å². The van der Waals surface area contributed by atoms with Crippen molar-refractivity contribution < 1.29 is 4.79 Å². The average Bonchev–Trinajstić information content (AvgIpc) is 3.03. The molecule has 3 nitrogen and oxygen atoms in total. The quantitative estimate of drug-likeness (QED) is 0.497. The van der Waals surface area contributed by atoms with E-state index in [0.29, 0.717) is 22.7 Å². The Morgan fingerprint density at radius 3 is 2.46 bits per heavy atom. The third-order valence-corrected chi connectivity index (χ3v) is 5.67. The van der Waals surface area contributed by atoms with Gasteiger partial charge in [-0.15, -0.1) is 0 Å². The van der Waals surface area contributed by atoms with Crippen molar-refractivity contribution in [3.63, 3.8) is 0 Å². The Labute approximate surface area is 168 Å². The van der Waals surface area contributed by atoms with E-state index < -0.39 is 5.54 Å². The summed E-state index contributed by atoms with van der Waals surface area (Å²) in [4.78, 5) is 18.4. The summed E-state index contributed by atoms with van der Waals surface area (Å²) in [6, 6.07) is 27.3. The van der Waals surface area contributed by atoms with E-state index in [1.807, 2.05) is 72.8 Å². The van der Waals surface area contributed by atoms with Crippen LogP contribution in [-0.2, 0) is 12.0 Å². The maximum atomic E-state index is 13.6. The standard InChI is InChI=1S/C24H17ClN2O/c25-20-11-6-10-19-22(20)27-24(23(19)28,17-8-2-1-3-9-17)15-18-14-13-16-7-4-5-12-21(16)26-18/h1-14,27H,15H2. The van der Waals surface area contributed by atoms with Crippen molar-refractivity contribution in [3.8, 4) is 0 Å². The van der Waals surface area contributed by atoms with Gasteiger partial charge in [0.2, 0.25) is 0 Å². The molecule has 0 radical (unpaired) electrons. The molecule has 28 heavy (non-hydrogen) atoms. The molecule has 4 aromatic rings. The predicted octanol–water partition coefficient (Wildman–Crippen LogP) is 5.63. The lowest BCUT2D eigenvalue weighted by atomic mass is 9.81. The molecule has 0 saturated carbocycles. The average molecular weight is 385 g/mol. The highest BCUT2D eigenvalue weighted by molar-refractivity contribution is 6.35. The predicted molar refractivity (Wildman–Crippen MR) is 113 cm³/mol. The van der Waals surface area contributed by atoms with E-state index in [1.54, 1.807) is 6.07 Å². The molecular formula is C24H17ClN2O. The number of carbonyl (C=O) groups excluding carboxylic acids is 1. The van der Waals surface area contributed by atoms with Crippen LogP contribution in [0.2, 0.25) is 5.02 Å². The van der Waals surface area contributed by atoms with Gasteiger partial charge >= 0.3 is 0 Å². The Bertz CT molecular complexity index is 1210. The van der Waals surface area contributed by atoms with Crippen molar-refractivity contribution in [3.05, 3.63) is 107 Å². The number of hydrogen-bond acceptors (Lipinski definition) is 3. The molecule has 0 spiro atoms. The molecule has 1 N–H and O–H groups in total. The van der Waals surface area contributed by atoms with Crippen LogP contribution in [0.3, 0.4) is 0 Å². The van der Waals surface area contributed by atoms with Gasteiger partial charge < -0.3 is 5.32 Å². The van der Waals surface area contributed by atoms with Crippen LogP contribution in [0.25, 0.3) is 10.9 Å². The van der Waals surface area contributed by atoms with E-state index in [0.717, 1.165) is 22.2 Å². The van der Waals surface area contributed by atoms with Crippen molar-refractivity contribution in [1.29, 1.82) is 0 Å². The van der Waals surface area contributed by atoms with E-state index in [4.69, 9.17) is 16.6 Å². The van der Waals surface area contributed by atoms with Crippen LogP contribution in [0.4, 0.5) is 5.69 Å². The van der Waals surface area contributed by atoms with E-state index in [-0.39, 0.29) is 5.78 Å². The van der Waals surface area contributed by atoms with Crippen LogP contribution < -0.4 is 5.32 Å². The highest BCUT2D eigenvalue weighted by atomic mass is 35.5. The number of hydrogen-bond donors (Lipinski definition) is 1. The molecule has 136 valence electrons. The number of nitrogens with one attached hydrogen (secondary N) is 1. The topological polar surface area (TPSA) is 42.0 Å². The molecule has 0 bridgehead atoms. The minimum Gasteiger partial charge on any atom is -0.367 e. The molecule has 1 atom stereocenters. The fourth-order valence-corrected chi connectivity index (χ4v) is 4.19.